The van der Waals surface area contributed by atoms with Crippen molar-refractivity contribution in [2.24, 2.45) is 0 Å². The average Bonchev–Trinajstić information content (AvgIpc) is 3.62. The van der Waals surface area contributed by atoms with Crippen LogP contribution in [0.25, 0.3) is 5.82 Å². The molecule has 0 unspecified atom stereocenters. The fourth-order valence-electron chi connectivity index (χ4n) is 4.19. The Hall–Kier alpha value is -6.91. The molecule has 0 radical (unpaired) electrons. The van der Waals surface area contributed by atoms with Gasteiger partial charge in [0.25, 0.3) is 11.8 Å². The van der Waals surface area contributed by atoms with Gasteiger partial charge in [0.2, 0.25) is 5.88 Å². The van der Waals surface area contributed by atoms with Crippen LogP contribution in [0, 0.1) is 0 Å². The van der Waals surface area contributed by atoms with Crippen molar-refractivity contribution in [1.82, 2.24) is 29.9 Å². The third kappa shape index (κ3) is 8.21. The molecule has 0 atom stereocenters. The minimum Gasteiger partial charge on any atom is -0.494 e. The van der Waals surface area contributed by atoms with Crippen molar-refractivity contribution >= 4 is 35.1 Å². The van der Waals surface area contributed by atoms with Crippen LogP contribution in [0.3, 0.4) is 0 Å². The molecule has 244 valence electrons. The molecule has 5 aromatic rings. The number of carboxylic acid groups (broad SMARTS) is 2. The highest BCUT2D eigenvalue weighted by atomic mass is 16.5. The molecule has 0 bridgehead atoms. The average molecular weight is 655 g/mol. The normalized spacial score (nSPS) is 10.6. The van der Waals surface area contributed by atoms with Crippen molar-refractivity contribution in [3.8, 4) is 23.2 Å². The molecule has 0 aliphatic rings. The molecule has 5 rings (SSSR count). The van der Waals surface area contributed by atoms with Crippen LogP contribution in [-0.4, -0.2) is 82.2 Å². The summed E-state index contributed by atoms with van der Waals surface area (Å²) in [5, 5.41) is 48.3. The molecule has 0 aliphatic heterocycles. The molecule has 3 heterocycles. The lowest BCUT2D eigenvalue weighted by Gasteiger charge is -2.13. The van der Waals surface area contributed by atoms with E-state index in [0.717, 1.165) is 0 Å². The largest absolute Gasteiger partial charge is 0.494 e. The molecule has 17 nitrogen and oxygen atoms in total. The molecule has 0 saturated heterocycles. The minimum absolute atomic E-state index is 0.0129. The molecular formula is C31H26N8O9. The number of rotatable bonds is 14. The van der Waals surface area contributed by atoms with E-state index >= 15 is 0 Å². The number of ether oxygens (including phenoxy) is 2. The number of aromatic hydroxyl groups is 1. The fraction of sp³-hybridized carbons (Fsp3) is 0.129. The molecular weight excluding hydrogens is 628 g/mol. The molecule has 0 spiro atoms. The van der Waals surface area contributed by atoms with Gasteiger partial charge < -0.3 is 35.4 Å². The summed E-state index contributed by atoms with van der Waals surface area (Å²) in [6.07, 6.45) is 5.81. The van der Waals surface area contributed by atoms with Crippen LogP contribution in [0.1, 0.15) is 54.5 Å². The number of carboxylic acids is 2. The summed E-state index contributed by atoms with van der Waals surface area (Å²) >= 11 is 0. The van der Waals surface area contributed by atoms with Crippen molar-refractivity contribution in [2.45, 2.75) is 12.8 Å². The Bertz CT molecular complexity index is 1930. The molecule has 0 aliphatic carbocycles. The van der Waals surface area contributed by atoms with E-state index in [1.807, 2.05) is 0 Å². The Morgan fingerprint density at radius 2 is 1.23 bits per heavy atom. The highest BCUT2D eigenvalue weighted by molar-refractivity contribution is 6.07. The molecule has 0 fully saturated rings. The van der Waals surface area contributed by atoms with Crippen LogP contribution in [0.15, 0.2) is 79.4 Å². The van der Waals surface area contributed by atoms with Gasteiger partial charge in [0.15, 0.2) is 17.2 Å². The molecule has 2 aromatic carbocycles. The predicted octanol–water partition coefficient (Wildman–Crippen LogP) is 3.30. The second kappa shape index (κ2) is 14.9. The van der Waals surface area contributed by atoms with Crippen LogP contribution >= 0.6 is 0 Å². The van der Waals surface area contributed by atoms with E-state index in [4.69, 9.17) is 9.47 Å². The molecule has 17 heteroatoms. The first kappa shape index (κ1) is 32.5. The first-order valence-corrected chi connectivity index (χ1v) is 14.2. The number of anilines is 2. The Balaban J connectivity index is 1.13. The van der Waals surface area contributed by atoms with Crippen LogP contribution in [-0.2, 0) is 0 Å². The van der Waals surface area contributed by atoms with Gasteiger partial charge in [-0.2, -0.15) is 0 Å². The van der Waals surface area contributed by atoms with Gasteiger partial charge in [-0.25, -0.2) is 14.6 Å². The van der Waals surface area contributed by atoms with Crippen LogP contribution in [0.4, 0.5) is 11.4 Å². The maximum atomic E-state index is 12.8. The van der Waals surface area contributed by atoms with E-state index in [0.29, 0.717) is 30.2 Å². The van der Waals surface area contributed by atoms with Gasteiger partial charge in [-0.05, 0) is 55.3 Å². The number of hydrogen-bond acceptors (Lipinski definition) is 12. The lowest BCUT2D eigenvalue weighted by molar-refractivity contribution is 0.0686. The minimum atomic E-state index is -1.26. The summed E-state index contributed by atoms with van der Waals surface area (Å²) in [5.41, 5.74) is -0.480. The molecule has 5 N–H and O–H groups in total. The van der Waals surface area contributed by atoms with E-state index in [-0.39, 0.29) is 53.0 Å². The summed E-state index contributed by atoms with van der Waals surface area (Å²) in [5.74, 6) is -3.20. The number of nitrogens with one attached hydrogen (secondary N) is 2. The smallest absolute Gasteiger partial charge is 0.337 e. The SMILES string of the molecule is O=C(Nc1cc(OCCCCOc2ccc(C(=O)O)c(NC(=O)c3ccc(-n4ccnc4)nn3)c2)ccc1C(=O)O)c1ccc(O)nn1. The second-order valence-corrected chi connectivity index (χ2v) is 9.86. The number of aromatic carboxylic acids is 2. The summed E-state index contributed by atoms with van der Waals surface area (Å²) in [7, 11) is 0. The maximum absolute atomic E-state index is 12.8. The lowest BCUT2D eigenvalue weighted by Crippen LogP contribution is -2.17. The number of carbonyl (C=O) groups is 4. The zero-order valence-corrected chi connectivity index (χ0v) is 24.8. The van der Waals surface area contributed by atoms with Gasteiger partial charge in [-0.3, -0.25) is 14.2 Å². The molecule has 3 aromatic heterocycles. The first-order valence-electron chi connectivity index (χ1n) is 14.2. The number of nitrogens with zero attached hydrogens (tertiary/aromatic N) is 6. The zero-order chi connectivity index (χ0) is 34.0. The number of aromatic nitrogens is 6. The number of benzene rings is 2. The Morgan fingerprint density at radius 3 is 1.67 bits per heavy atom. The first-order chi connectivity index (χ1) is 23.2. The third-order valence-corrected chi connectivity index (χ3v) is 6.55. The zero-order valence-electron chi connectivity index (χ0n) is 24.8. The highest BCUT2D eigenvalue weighted by Crippen LogP contribution is 2.25. The second-order valence-electron chi connectivity index (χ2n) is 9.86. The predicted molar refractivity (Wildman–Crippen MR) is 166 cm³/mol. The Labute approximate surface area is 270 Å². The van der Waals surface area contributed by atoms with E-state index in [2.05, 4.69) is 36.0 Å². The third-order valence-electron chi connectivity index (χ3n) is 6.55. The molecule has 48 heavy (non-hydrogen) atoms. The summed E-state index contributed by atoms with van der Waals surface area (Å²) < 4.78 is 13.1. The quantitative estimate of drug-likeness (QED) is 0.108. The number of unbranched alkanes of at least 4 members (excludes halogenated alkanes) is 1. The lowest BCUT2D eigenvalue weighted by atomic mass is 10.1. The van der Waals surface area contributed by atoms with Gasteiger partial charge in [-0.15, -0.1) is 20.4 Å². The van der Waals surface area contributed by atoms with E-state index in [9.17, 15) is 34.5 Å². The van der Waals surface area contributed by atoms with Gasteiger partial charge in [0.05, 0.1) is 35.7 Å². The van der Waals surface area contributed by atoms with Crippen LogP contribution < -0.4 is 20.1 Å². The van der Waals surface area contributed by atoms with Crippen LogP contribution in [0.5, 0.6) is 17.4 Å². The van der Waals surface area contributed by atoms with Gasteiger partial charge in [0, 0.05) is 30.6 Å². The van der Waals surface area contributed by atoms with Gasteiger partial charge in [0.1, 0.15) is 17.8 Å². The Kier molecular flexibility index (Phi) is 10.1. The number of carbonyl (C=O) groups excluding carboxylic acids is 2. The summed E-state index contributed by atoms with van der Waals surface area (Å²) in [4.78, 5) is 52.7. The highest BCUT2D eigenvalue weighted by Gasteiger charge is 2.18. The van der Waals surface area contributed by atoms with Crippen molar-refractivity contribution in [1.29, 1.82) is 0 Å². The van der Waals surface area contributed by atoms with Crippen molar-refractivity contribution < 1.29 is 44.0 Å². The molecule has 0 saturated carbocycles. The summed E-state index contributed by atoms with van der Waals surface area (Å²) in [6.45, 7) is 0.462. The van der Waals surface area contributed by atoms with E-state index in [1.54, 1.807) is 23.0 Å². The Morgan fingerprint density at radius 1 is 0.688 bits per heavy atom. The van der Waals surface area contributed by atoms with Gasteiger partial charge in [-0.1, -0.05) is 0 Å². The molecule has 2 amide bonds. The fourth-order valence-corrected chi connectivity index (χ4v) is 4.19. The maximum Gasteiger partial charge on any atom is 0.337 e. The number of amides is 2. The number of hydrogen-bond donors (Lipinski definition) is 5. The topological polar surface area (TPSA) is 241 Å². The van der Waals surface area contributed by atoms with E-state index in [1.165, 1.54) is 60.9 Å². The van der Waals surface area contributed by atoms with Crippen molar-refractivity contribution in [3.63, 3.8) is 0 Å². The van der Waals surface area contributed by atoms with Crippen LogP contribution in [0.2, 0.25) is 0 Å². The van der Waals surface area contributed by atoms with Crippen molar-refractivity contribution in [3.05, 3.63) is 102 Å². The summed E-state index contributed by atoms with van der Waals surface area (Å²) in [6, 6.07) is 13.7. The van der Waals surface area contributed by atoms with Gasteiger partial charge >= 0.3 is 11.9 Å². The van der Waals surface area contributed by atoms with Crippen molar-refractivity contribution in [2.75, 3.05) is 23.8 Å². The van der Waals surface area contributed by atoms with E-state index < -0.39 is 23.8 Å². The monoisotopic (exact) mass is 654 g/mol. The number of imidazole rings is 1. The standard InChI is InChI=1S/C31H26N8O9/c40-27-10-8-23(36-38-27)29(42)34-25-16-19(4-6-21(25)31(45)46)48-14-2-1-13-47-18-3-5-20(30(43)44)24(15-18)33-28(41)22-7-9-26(37-35-22)39-12-11-32-17-39/h3-12,15-17H,1-2,13-14H2,(H,33,41)(H,34,42)(H,38,40)(H,43,44)(H,45,46).